The molecule has 1 aromatic heterocycles. The second-order valence-corrected chi connectivity index (χ2v) is 7.41. The predicted octanol–water partition coefficient (Wildman–Crippen LogP) is 2.93. The number of urea groups is 1. The van der Waals surface area contributed by atoms with Crippen molar-refractivity contribution in [1.29, 1.82) is 0 Å². The minimum atomic E-state index is -1.03. The van der Waals surface area contributed by atoms with Crippen LogP contribution in [-0.4, -0.2) is 46.6 Å². The Morgan fingerprint density at radius 1 is 1.38 bits per heavy atom. The van der Waals surface area contributed by atoms with E-state index in [2.05, 4.69) is 15.3 Å². The molecule has 29 heavy (non-hydrogen) atoms. The third-order valence-corrected chi connectivity index (χ3v) is 4.95. The Kier molecular flexibility index (Phi) is 6.14. The van der Waals surface area contributed by atoms with Gasteiger partial charge in [0, 0.05) is 24.2 Å². The Labute approximate surface area is 167 Å². The molecule has 0 saturated heterocycles. The zero-order valence-electron chi connectivity index (χ0n) is 16.5. The second kappa shape index (κ2) is 8.59. The summed E-state index contributed by atoms with van der Waals surface area (Å²) < 4.78 is 33.3. The number of hydrogen-bond acceptors (Lipinski definition) is 4. The van der Waals surface area contributed by atoms with E-state index in [1.54, 1.807) is 0 Å². The summed E-state index contributed by atoms with van der Waals surface area (Å²) in [5, 5.41) is 2.68. The number of carbonyl (C=O) groups excluding carboxylic acids is 2. The van der Waals surface area contributed by atoms with Gasteiger partial charge in [0.25, 0.3) is 0 Å². The van der Waals surface area contributed by atoms with Gasteiger partial charge in [0.05, 0.1) is 19.1 Å². The monoisotopic (exact) mass is 406 g/mol. The molecule has 1 aliphatic rings. The smallest absolute Gasteiger partial charge is 0.328 e. The van der Waals surface area contributed by atoms with Crippen LogP contribution in [0, 0.1) is 17.6 Å². The molecule has 2 amide bonds. The molecular formula is C20H24F2N4O3. The summed E-state index contributed by atoms with van der Waals surface area (Å²) in [7, 11) is 1.25. The number of aromatic amines is 1. The first-order chi connectivity index (χ1) is 13.8. The summed E-state index contributed by atoms with van der Waals surface area (Å²) in [6.07, 6.45) is 2.33. The number of imidazole rings is 1. The van der Waals surface area contributed by atoms with Gasteiger partial charge in [-0.3, -0.25) is 0 Å². The number of aromatic nitrogens is 2. The SMILES string of the molecule is COC(=O)[C@H](CC(C)C)NC(=O)N1CCc2[nH]cnc2C1c1cccc(F)c1F. The third-order valence-electron chi connectivity index (χ3n) is 4.95. The van der Waals surface area contributed by atoms with Crippen molar-refractivity contribution in [2.45, 2.75) is 38.8 Å². The molecule has 2 aromatic rings. The van der Waals surface area contributed by atoms with Crippen LogP contribution in [0.1, 0.15) is 43.3 Å². The highest BCUT2D eigenvalue weighted by Crippen LogP contribution is 2.35. The summed E-state index contributed by atoms with van der Waals surface area (Å²) >= 11 is 0. The third kappa shape index (κ3) is 4.23. The van der Waals surface area contributed by atoms with Gasteiger partial charge >= 0.3 is 12.0 Å². The fourth-order valence-electron chi connectivity index (χ4n) is 3.60. The van der Waals surface area contributed by atoms with Crippen molar-refractivity contribution in [3.63, 3.8) is 0 Å². The number of H-pyrrole nitrogens is 1. The number of carbonyl (C=O) groups is 2. The summed E-state index contributed by atoms with van der Waals surface area (Å²) in [5.41, 5.74) is 1.22. The maximum absolute atomic E-state index is 14.6. The lowest BCUT2D eigenvalue weighted by Gasteiger charge is -2.36. The molecule has 0 bridgehead atoms. The maximum atomic E-state index is 14.6. The van der Waals surface area contributed by atoms with Crippen molar-refractivity contribution in [2.24, 2.45) is 5.92 Å². The molecule has 0 spiro atoms. The second-order valence-electron chi connectivity index (χ2n) is 7.41. The van der Waals surface area contributed by atoms with Gasteiger partial charge in [-0.15, -0.1) is 0 Å². The largest absolute Gasteiger partial charge is 0.467 e. The molecule has 0 fully saturated rings. The van der Waals surface area contributed by atoms with Crippen LogP contribution in [0.3, 0.4) is 0 Å². The van der Waals surface area contributed by atoms with Crippen LogP contribution in [0.15, 0.2) is 24.5 Å². The number of halogens is 2. The van der Waals surface area contributed by atoms with Crippen molar-refractivity contribution >= 4 is 12.0 Å². The number of fused-ring (bicyclic) bond motifs is 1. The first-order valence-corrected chi connectivity index (χ1v) is 9.44. The highest BCUT2D eigenvalue weighted by Gasteiger charge is 2.37. The zero-order chi connectivity index (χ0) is 21.1. The van der Waals surface area contributed by atoms with Crippen molar-refractivity contribution < 1.29 is 23.1 Å². The van der Waals surface area contributed by atoms with Crippen LogP contribution in [0.4, 0.5) is 13.6 Å². The van der Waals surface area contributed by atoms with Crippen molar-refractivity contribution in [1.82, 2.24) is 20.2 Å². The van der Waals surface area contributed by atoms with Crippen LogP contribution < -0.4 is 5.32 Å². The van der Waals surface area contributed by atoms with Crippen LogP contribution in [-0.2, 0) is 16.0 Å². The molecule has 0 saturated carbocycles. The van der Waals surface area contributed by atoms with Gasteiger partial charge in [0.2, 0.25) is 0 Å². The number of nitrogens with zero attached hydrogens (tertiary/aromatic N) is 2. The molecule has 0 radical (unpaired) electrons. The van der Waals surface area contributed by atoms with Crippen LogP contribution in [0.2, 0.25) is 0 Å². The van der Waals surface area contributed by atoms with E-state index in [1.807, 2.05) is 13.8 Å². The van der Waals surface area contributed by atoms with Gasteiger partial charge in [-0.05, 0) is 18.4 Å². The molecule has 1 aliphatic heterocycles. The van der Waals surface area contributed by atoms with Gasteiger partial charge in [-0.1, -0.05) is 26.0 Å². The Balaban J connectivity index is 1.95. The van der Waals surface area contributed by atoms with Gasteiger partial charge in [-0.25, -0.2) is 23.4 Å². The van der Waals surface area contributed by atoms with E-state index >= 15 is 0 Å². The molecule has 7 nitrogen and oxygen atoms in total. The number of nitrogens with one attached hydrogen (secondary N) is 2. The number of benzene rings is 1. The fourth-order valence-corrected chi connectivity index (χ4v) is 3.60. The highest BCUT2D eigenvalue weighted by atomic mass is 19.2. The number of hydrogen-bond donors (Lipinski definition) is 2. The average Bonchev–Trinajstić information content (AvgIpc) is 3.16. The van der Waals surface area contributed by atoms with Crippen molar-refractivity contribution in [3.05, 3.63) is 53.1 Å². The number of amides is 2. The molecular weight excluding hydrogens is 382 g/mol. The average molecular weight is 406 g/mol. The number of rotatable bonds is 5. The summed E-state index contributed by atoms with van der Waals surface area (Å²) in [4.78, 5) is 33.8. The number of methoxy groups -OCH3 is 1. The molecule has 2 heterocycles. The first-order valence-electron chi connectivity index (χ1n) is 9.44. The fraction of sp³-hybridized carbons (Fsp3) is 0.450. The summed E-state index contributed by atoms with van der Waals surface area (Å²) in [6, 6.07) is 1.51. The molecule has 1 unspecified atom stereocenters. The predicted molar refractivity (Wildman–Crippen MR) is 101 cm³/mol. The number of esters is 1. The van der Waals surface area contributed by atoms with Crippen LogP contribution >= 0.6 is 0 Å². The van der Waals surface area contributed by atoms with Gasteiger partial charge in [0.15, 0.2) is 11.6 Å². The van der Waals surface area contributed by atoms with E-state index in [1.165, 1.54) is 30.5 Å². The lowest BCUT2D eigenvalue weighted by atomic mass is 9.95. The summed E-state index contributed by atoms with van der Waals surface area (Å²) in [6.45, 7) is 4.09. The van der Waals surface area contributed by atoms with Gasteiger partial charge in [-0.2, -0.15) is 0 Å². The van der Waals surface area contributed by atoms with E-state index in [9.17, 15) is 18.4 Å². The standard InChI is InChI=1S/C20H24F2N4O3/c1-11(2)9-15(19(27)29-3)25-20(28)26-8-7-14-17(24-10-23-14)18(26)12-5-4-6-13(21)16(12)22/h4-6,10-11,15,18H,7-9H2,1-3H3,(H,23,24)(H,25,28)/t15-,18?/m0/s1. The molecule has 1 aromatic carbocycles. The first kappa shape index (κ1) is 20.8. The topological polar surface area (TPSA) is 87.3 Å². The Morgan fingerprint density at radius 2 is 2.14 bits per heavy atom. The molecule has 2 N–H and O–H groups in total. The van der Waals surface area contributed by atoms with E-state index < -0.39 is 35.7 Å². The number of ether oxygens (including phenoxy) is 1. The van der Waals surface area contributed by atoms with E-state index in [-0.39, 0.29) is 18.0 Å². The Morgan fingerprint density at radius 3 is 2.83 bits per heavy atom. The maximum Gasteiger partial charge on any atom is 0.328 e. The van der Waals surface area contributed by atoms with Crippen molar-refractivity contribution in [2.75, 3.05) is 13.7 Å². The Bertz CT molecular complexity index is 900. The van der Waals surface area contributed by atoms with E-state index in [4.69, 9.17) is 4.74 Å². The minimum Gasteiger partial charge on any atom is -0.467 e. The van der Waals surface area contributed by atoms with Gasteiger partial charge in [0.1, 0.15) is 12.1 Å². The van der Waals surface area contributed by atoms with Crippen molar-refractivity contribution in [3.8, 4) is 0 Å². The molecule has 9 heteroatoms. The van der Waals surface area contributed by atoms with Crippen LogP contribution in [0.5, 0.6) is 0 Å². The normalized spacial score (nSPS) is 17.0. The lowest BCUT2D eigenvalue weighted by molar-refractivity contribution is -0.143. The molecule has 2 atom stereocenters. The van der Waals surface area contributed by atoms with E-state index in [0.29, 0.717) is 18.5 Å². The van der Waals surface area contributed by atoms with Crippen LogP contribution in [0.25, 0.3) is 0 Å². The molecule has 3 rings (SSSR count). The lowest BCUT2D eigenvalue weighted by Crippen LogP contribution is -2.51. The van der Waals surface area contributed by atoms with E-state index in [0.717, 1.165) is 11.8 Å². The highest BCUT2D eigenvalue weighted by molar-refractivity contribution is 5.84. The zero-order valence-corrected chi connectivity index (χ0v) is 16.5. The Hall–Kier alpha value is -2.97. The minimum absolute atomic E-state index is 0.00618. The summed E-state index contributed by atoms with van der Waals surface area (Å²) in [5.74, 6) is -2.45. The molecule has 156 valence electrons. The quantitative estimate of drug-likeness (QED) is 0.748. The van der Waals surface area contributed by atoms with Gasteiger partial charge < -0.3 is 19.9 Å². The molecule has 0 aliphatic carbocycles.